The number of rotatable bonds is 8. The summed E-state index contributed by atoms with van der Waals surface area (Å²) in [6, 6.07) is 26.3. The molecule has 236 valence electrons. The molecule has 0 radical (unpaired) electrons. The summed E-state index contributed by atoms with van der Waals surface area (Å²) in [5.41, 5.74) is -0.152. The molecule has 0 aliphatic rings. The molecule has 0 fully saturated rings. The maximum atomic E-state index is 12.4. The van der Waals surface area contributed by atoms with E-state index in [1.165, 1.54) is 24.3 Å². The predicted molar refractivity (Wildman–Crippen MR) is 168 cm³/mol. The van der Waals surface area contributed by atoms with E-state index in [4.69, 9.17) is 4.74 Å². The van der Waals surface area contributed by atoms with E-state index in [0.717, 1.165) is 35.0 Å². The van der Waals surface area contributed by atoms with Crippen LogP contribution in [0.1, 0.15) is 0 Å². The molecule has 6 aromatic rings. The Hall–Kier alpha value is -3.74. The zero-order chi connectivity index (χ0) is 33.3. The number of benzene rings is 6. The minimum Gasteiger partial charge on any atom is -0.871 e. The number of fused-ring (bicyclic) bond motifs is 2. The molecule has 0 aliphatic carbocycles. The van der Waals surface area contributed by atoms with Crippen LogP contribution in [0.25, 0.3) is 21.5 Å². The Balaban J connectivity index is 0.00000270. The Morgan fingerprint density at radius 3 is 1.29 bits per heavy atom. The van der Waals surface area contributed by atoms with Gasteiger partial charge in [0.25, 0.3) is 20.2 Å². The van der Waals surface area contributed by atoms with E-state index < -0.39 is 53.0 Å². The predicted octanol–water partition coefficient (Wildman–Crippen LogP) is 1.26. The van der Waals surface area contributed by atoms with Crippen molar-refractivity contribution in [1.82, 2.24) is 0 Å². The maximum Gasteiger partial charge on any atom is 1.00 e. The molecule has 0 atom stereocenters. The van der Waals surface area contributed by atoms with Gasteiger partial charge in [-0.2, -0.15) is 37.3 Å². The van der Waals surface area contributed by atoms with Gasteiger partial charge in [-0.25, -0.2) is 0 Å². The second-order valence-corrected chi connectivity index (χ2v) is 12.8. The van der Waals surface area contributed by atoms with Crippen LogP contribution < -0.4 is 74.1 Å². The third kappa shape index (κ3) is 8.53. The van der Waals surface area contributed by atoms with Crippen molar-refractivity contribution >= 4 is 64.5 Å². The van der Waals surface area contributed by atoms with Crippen LogP contribution in [0.15, 0.2) is 139 Å². The summed E-state index contributed by atoms with van der Waals surface area (Å²) in [6.45, 7) is 0. The standard InChI is InChI=1S/C32H22N4O9S2.2Na/c37-25-13-9-19-5-1-3-7-23(19)31(25)35-33-21-11-15-27(29(17-21)46(39,40)41)45-28-16-12-22(18-30(28)47(42,43)44)34-36-32-24-8-4-2-6-20(24)10-14-26(32)38;;/h1-18,37-38H,(H,39,40,41)(H,42,43,44);;/q;2*+1/p-2. The smallest absolute Gasteiger partial charge is 0.871 e. The monoisotopic (exact) mass is 714 g/mol. The summed E-state index contributed by atoms with van der Waals surface area (Å²) in [5, 5.41) is 43.3. The van der Waals surface area contributed by atoms with Crippen molar-refractivity contribution in [2.75, 3.05) is 0 Å². The molecule has 0 saturated heterocycles. The maximum absolute atomic E-state index is 12.4. The zero-order valence-corrected chi connectivity index (χ0v) is 31.4. The van der Waals surface area contributed by atoms with Gasteiger partial charge in [0.05, 0.1) is 22.7 Å². The van der Waals surface area contributed by atoms with Crippen LogP contribution in [-0.4, -0.2) is 25.9 Å². The Bertz CT molecular complexity index is 2320. The number of nitrogens with zero attached hydrogens (tertiary/aromatic N) is 4. The van der Waals surface area contributed by atoms with Crippen molar-refractivity contribution < 1.29 is 100 Å². The first-order chi connectivity index (χ1) is 22.4. The van der Waals surface area contributed by atoms with Gasteiger partial charge in [-0.05, 0) is 47.2 Å². The molecule has 13 nitrogen and oxygen atoms in total. The Labute approximate surface area is 324 Å². The summed E-state index contributed by atoms with van der Waals surface area (Å²) in [5.74, 6) is -1.89. The van der Waals surface area contributed by atoms with Crippen LogP contribution >= 0.6 is 0 Å². The quantitative estimate of drug-likeness (QED) is 0.132. The van der Waals surface area contributed by atoms with E-state index in [-0.39, 0.29) is 81.9 Å². The van der Waals surface area contributed by atoms with Crippen LogP contribution in [0.5, 0.6) is 23.0 Å². The van der Waals surface area contributed by atoms with Crippen LogP contribution in [0.2, 0.25) is 0 Å². The molecule has 6 rings (SSSR count). The largest absolute Gasteiger partial charge is 1.00 e. The molecule has 0 unspecified atom stereocenters. The van der Waals surface area contributed by atoms with Gasteiger partial charge >= 0.3 is 59.1 Å². The fourth-order valence-corrected chi connectivity index (χ4v) is 5.97. The van der Waals surface area contributed by atoms with Gasteiger partial charge in [0.2, 0.25) is 0 Å². The molecule has 2 N–H and O–H groups in total. The zero-order valence-electron chi connectivity index (χ0n) is 25.7. The van der Waals surface area contributed by atoms with E-state index in [2.05, 4.69) is 20.5 Å². The minimum absolute atomic E-state index is 0. The van der Waals surface area contributed by atoms with Gasteiger partial charge < -0.3 is 14.9 Å². The molecule has 0 amide bonds. The number of hydrogen-bond acceptors (Lipinski definition) is 11. The summed E-state index contributed by atoms with van der Waals surface area (Å²) in [4.78, 5) is -1.61. The van der Waals surface area contributed by atoms with Crippen LogP contribution in [0, 0.1) is 0 Å². The molecular formula is C32H20N4Na2O9S2. The van der Waals surface area contributed by atoms with Crippen LogP contribution in [0.3, 0.4) is 0 Å². The van der Waals surface area contributed by atoms with Gasteiger partial charge in [0.1, 0.15) is 21.3 Å². The molecule has 6 aromatic carbocycles. The first-order valence-electron chi connectivity index (χ1n) is 13.5. The molecule has 0 aliphatic heterocycles. The van der Waals surface area contributed by atoms with Crippen LogP contribution in [-0.2, 0) is 20.2 Å². The SMILES string of the molecule is O=S(=O)(O)c1cc(N=Nc2c([O-])ccc3ccccc23)ccc1Oc1ccc(N=Nc2c([O-])ccc3ccccc23)cc1S(=O)(=O)O.[Na+].[Na+]. The molecule has 17 heteroatoms. The average molecular weight is 715 g/mol. The van der Waals surface area contributed by atoms with Crippen molar-refractivity contribution in [2.45, 2.75) is 9.79 Å². The summed E-state index contributed by atoms with van der Waals surface area (Å²) in [7, 11) is -9.97. The molecule has 0 bridgehead atoms. The normalized spacial score (nSPS) is 11.9. The average Bonchev–Trinajstić information content (AvgIpc) is 3.04. The molecule has 0 spiro atoms. The van der Waals surface area contributed by atoms with Crippen molar-refractivity contribution in [1.29, 1.82) is 0 Å². The number of hydrogen-bond donors (Lipinski definition) is 2. The van der Waals surface area contributed by atoms with E-state index in [1.54, 1.807) is 60.7 Å². The van der Waals surface area contributed by atoms with E-state index in [1.807, 2.05) is 0 Å². The Morgan fingerprint density at radius 1 is 0.510 bits per heavy atom. The Morgan fingerprint density at radius 2 is 0.898 bits per heavy atom. The van der Waals surface area contributed by atoms with Gasteiger partial charge in [-0.1, -0.05) is 84.3 Å². The van der Waals surface area contributed by atoms with Crippen molar-refractivity contribution in [3.8, 4) is 23.0 Å². The molecule has 0 heterocycles. The van der Waals surface area contributed by atoms with E-state index in [9.17, 15) is 36.2 Å². The molecular weight excluding hydrogens is 694 g/mol. The minimum atomic E-state index is -4.98. The summed E-state index contributed by atoms with van der Waals surface area (Å²) < 4.78 is 74.7. The summed E-state index contributed by atoms with van der Waals surface area (Å²) in [6.07, 6.45) is 0. The summed E-state index contributed by atoms with van der Waals surface area (Å²) >= 11 is 0. The van der Waals surface area contributed by atoms with E-state index >= 15 is 0 Å². The fraction of sp³-hybridized carbons (Fsp3) is 0. The second-order valence-electron chi connectivity index (χ2n) is 9.98. The van der Waals surface area contributed by atoms with Crippen molar-refractivity contribution in [3.05, 3.63) is 109 Å². The van der Waals surface area contributed by atoms with Gasteiger partial charge in [-0.3, -0.25) is 9.11 Å². The third-order valence-electron chi connectivity index (χ3n) is 6.89. The van der Waals surface area contributed by atoms with Gasteiger partial charge in [-0.15, -0.1) is 0 Å². The first kappa shape index (κ1) is 38.1. The molecule has 0 aromatic heterocycles. The van der Waals surface area contributed by atoms with E-state index in [0.29, 0.717) is 10.8 Å². The number of ether oxygens (including phenoxy) is 1. The Kier molecular flexibility index (Phi) is 12.0. The van der Waals surface area contributed by atoms with Crippen molar-refractivity contribution in [3.63, 3.8) is 0 Å². The fourth-order valence-electron chi connectivity index (χ4n) is 4.70. The van der Waals surface area contributed by atoms with Gasteiger partial charge in [0.15, 0.2) is 0 Å². The topological polar surface area (TPSA) is 214 Å². The molecule has 49 heavy (non-hydrogen) atoms. The number of azo groups is 2. The van der Waals surface area contributed by atoms with Crippen molar-refractivity contribution in [2.24, 2.45) is 20.5 Å². The second kappa shape index (κ2) is 15.4. The van der Waals surface area contributed by atoms with Gasteiger partial charge in [0, 0.05) is 10.8 Å². The first-order valence-corrected chi connectivity index (χ1v) is 16.4. The molecule has 0 saturated carbocycles. The van der Waals surface area contributed by atoms with Crippen LogP contribution in [0.4, 0.5) is 22.7 Å². The third-order valence-corrected chi connectivity index (χ3v) is 8.64.